The molecular formula is C19H24FN3O3. The molecule has 1 aromatic carbocycles. The molecule has 1 aliphatic rings. The SMILES string of the molecule is CC(=O)Nc1ccc2[nH]c(=O)n([C@H]3CC[C@H](C(C)(C)F)CC3)c(=O)c2c1. The van der Waals surface area contributed by atoms with Gasteiger partial charge in [0, 0.05) is 18.7 Å². The van der Waals surface area contributed by atoms with Gasteiger partial charge in [0.2, 0.25) is 5.91 Å². The molecule has 140 valence electrons. The van der Waals surface area contributed by atoms with Crippen molar-refractivity contribution in [2.45, 2.75) is 58.2 Å². The number of H-pyrrole nitrogens is 1. The highest BCUT2D eigenvalue weighted by Crippen LogP contribution is 2.38. The Labute approximate surface area is 150 Å². The fourth-order valence-electron chi connectivity index (χ4n) is 3.86. The Balaban J connectivity index is 1.97. The fourth-order valence-corrected chi connectivity index (χ4v) is 3.86. The van der Waals surface area contributed by atoms with Gasteiger partial charge in [-0.2, -0.15) is 0 Å². The largest absolute Gasteiger partial charge is 0.329 e. The average molecular weight is 361 g/mol. The molecule has 6 nitrogen and oxygen atoms in total. The first-order chi connectivity index (χ1) is 12.2. The summed E-state index contributed by atoms with van der Waals surface area (Å²) in [6, 6.07) is 4.58. The molecule has 1 fully saturated rings. The smallest absolute Gasteiger partial charge is 0.326 e. The second-order valence-corrected chi connectivity index (χ2v) is 7.62. The summed E-state index contributed by atoms with van der Waals surface area (Å²) in [6.45, 7) is 4.55. The Bertz CT molecular complexity index is 947. The van der Waals surface area contributed by atoms with Crippen molar-refractivity contribution in [1.29, 1.82) is 0 Å². The van der Waals surface area contributed by atoms with E-state index in [1.165, 1.54) is 11.5 Å². The van der Waals surface area contributed by atoms with E-state index in [4.69, 9.17) is 0 Å². The number of halogens is 1. The molecule has 2 aromatic rings. The van der Waals surface area contributed by atoms with Crippen molar-refractivity contribution in [3.8, 4) is 0 Å². The Morgan fingerprint density at radius 1 is 1.23 bits per heavy atom. The highest BCUT2D eigenvalue weighted by molar-refractivity contribution is 5.91. The van der Waals surface area contributed by atoms with Gasteiger partial charge in [-0.3, -0.25) is 14.2 Å². The maximum absolute atomic E-state index is 14.1. The van der Waals surface area contributed by atoms with Crippen LogP contribution in [0, 0.1) is 5.92 Å². The Kier molecular flexibility index (Phi) is 4.73. The maximum Gasteiger partial charge on any atom is 0.329 e. The van der Waals surface area contributed by atoms with Crippen molar-refractivity contribution >= 4 is 22.5 Å². The Hall–Kier alpha value is -2.44. The molecule has 1 amide bonds. The second-order valence-electron chi connectivity index (χ2n) is 7.62. The molecule has 0 aliphatic heterocycles. The summed E-state index contributed by atoms with van der Waals surface area (Å²) in [7, 11) is 0. The first kappa shape index (κ1) is 18.4. The number of benzene rings is 1. The number of carbonyl (C=O) groups excluding carboxylic acids is 1. The maximum atomic E-state index is 14.1. The van der Waals surface area contributed by atoms with E-state index in [1.807, 2.05) is 0 Å². The van der Waals surface area contributed by atoms with E-state index in [2.05, 4.69) is 10.3 Å². The zero-order valence-corrected chi connectivity index (χ0v) is 15.3. The molecule has 1 aromatic heterocycles. The minimum atomic E-state index is -1.25. The number of fused-ring (bicyclic) bond motifs is 1. The molecular weight excluding hydrogens is 337 g/mol. The lowest BCUT2D eigenvalue weighted by atomic mass is 9.78. The molecule has 0 unspecified atom stereocenters. The predicted octanol–water partition coefficient (Wildman–Crippen LogP) is 3.13. The summed E-state index contributed by atoms with van der Waals surface area (Å²) in [5.41, 5.74) is -1.14. The van der Waals surface area contributed by atoms with Crippen LogP contribution in [0.5, 0.6) is 0 Å². The van der Waals surface area contributed by atoms with Crippen molar-refractivity contribution in [2.75, 3.05) is 5.32 Å². The van der Waals surface area contributed by atoms with Crippen LogP contribution in [0.3, 0.4) is 0 Å². The van der Waals surface area contributed by atoms with E-state index in [0.29, 0.717) is 42.3 Å². The molecule has 26 heavy (non-hydrogen) atoms. The first-order valence-corrected chi connectivity index (χ1v) is 8.92. The van der Waals surface area contributed by atoms with E-state index in [0.717, 1.165) is 0 Å². The predicted molar refractivity (Wildman–Crippen MR) is 99.3 cm³/mol. The molecule has 0 radical (unpaired) electrons. The fraction of sp³-hybridized carbons (Fsp3) is 0.526. The van der Waals surface area contributed by atoms with Crippen LogP contribution in [0.2, 0.25) is 0 Å². The number of nitrogens with one attached hydrogen (secondary N) is 2. The lowest BCUT2D eigenvalue weighted by molar-refractivity contribution is -0.114. The van der Waals surface area contributed by atoms with Crippen LogP contribution in [0.4, 0.5) is 10.1 Å². The van der Waals surface area contributed by atoms with Gasteiger partial charge in [0.15, 0.2) is 0 Å². The average Bonchev–Trinajstić information content (AvgIpc) is 2.55. The van der Waals surface area contributed by atoms with Gasteiger partial charge < -0.3 is 10.3 Å². The third-order valence-electron chi connectivity index (χ3n) is 5.28. The number of aromatic amines is 1. The van der Waals surface area contributed by atoms with Crippen LogP contribution in [0.1, 0.15) is 52.5 Å². The highest BCUT2D eigenvalue weighted by atomic mass is 19.1. The van der Waals surface area contributed by atoms with Crippen LogP contribution < -0.4 is 16.6 Å². The molecule has 0 bridgehead atoms. The minimum Gasteiger partial charge on any atom is -0.326 e. The van der Waals surface area contributed by atoms with E-state index >= 15 is 0 Å². The van der Waals surface area contributed by atoms with Crippen molar-refractivity contribution in [3.05, 3.63) is 39.0 Å². The van der Waals surface area contributed by atoms with E-state index in [1.54, 1.807) is 32.0 Å². The lowest BCUT2D eigenvalue weighted by Crippen LogP contribution is -2.40. The van der Waals surface area contributed by atoms with Gasteiger partial charge in [0.25, 0.3) is 5.56 Å². The summed E-state index contributed by atoms with van der Waals surface area (Å²) < 4.78 is 15.4. The van der Waals surface area contributed by atoms with Gasteiger partial charge in [-0.25, -0.2) is 9.18 Å². The van der Waals surface area contributed by atoms with Crippen LogP contribution >= 0.6 is 0 Å². The van der Waals surface area contributed by atoms with Gasteiger partial charge in [0.05, 0.1) is 10.9 Å². The standard InChI is InChI=1S/C19H24FN3O3/c1-11(24)21-13-6-9-16-15(10-13)17(25)23(18(26)22-16)14-7-4-12(5-8-14)19(2,3)20/h6,9-10,12,14H,4-5,7-8H2,1-3H3,(H,21,24)(H,22,26)/t12-,14-. The van der Waals surface area contributed by atoms with Crippen molar-refractivity contribution < 1.29 is 9.18 Å². The van der Waals surface area contributed by atoms with E-state index < -0.39 is 11.4 Å². The molecule has 2 N–H and O–H groups in total. The zero-order chi connectivity index (χ0) is 19.1. The van der Waals surface area contributed by atoms with Gasteiger partial charge in [-0.05, 0) is 63.6 Å². The van der Waals surface area contributed by atoms with Crippen LogP contribution in [-0.2, 0) is 4.79 Å². The molecule has 0 saturated heterocycles. The number of carbonyl (C=O) groups is 1. The normalized spacial score (nSPS) is 20.9. The first-order valence-electron chi connectivity index (χ1n) is 8.92. The van der Waals surface area contributed by atoms with Gasteiger partial charge in [-0.15, -0.1) is 0 Å². The van der Waals surface area contributed by atoms with Gasteiger partial charge in [0.1, 0.15) is 5.67 Å². The summed E-state index contributed by atoms with van der Waals surface area (Å²) in [5.74, 6) is -0.290. The summed E-state index contributed by atoms with van der Waals surface area (Å²) in [5, 5.41) is 2.99. The molecule has 0 spiro atoms. The molecule has 7 heteroatoms. The zero-order valence-electron chi connectivity index (χ0n) is 15.3. The van der Waals surface area contributed by atoms with Gasteiger partial charge >= 0.3 is 5.69 Å². The van der Waals surface area contributed by atoms with Crippen LogP contribution in [0.15, 0.2) is 27.8 Å². The minimum absolute atomic E-state index is 0.0552. The van der Waals surface area contributed by atoms with Crippen LogP contribution in [0.25, 0.3) is 10.9 Å². The Morgan fingerprint density at radius 3 is 2.46 bits per heavy atom. The summed E-state index contributed by atoms with van der Waals surface area (Å²) in [4.78, 5) is 39.3. The van der Waals surface area contributed by atoms with Crippen LogP contribution in [-0.4, -0.2) is 21.1 Å². The summed E-state index contributed by atoms with van der Waals surface area (Å²) in [6.07, 6.45) is 2.48. The number of hydrogen-bond donors (Lipinski definition) is 2. The number of nitrogens with zero attached hydrogens (tertiary/aromatic N) is 1. The third-order valence-corrected chi connectivity index (χ3v) is 5.28. The summed E-state index contributed by atoms with van der Waals surface area (Å²) >= 11 is 0. The topological polar surface area (TPSA) is 84.0 Å². The number of rotatable bonds is 3. The number of hydrogen-bond acceptors (Lipinski definition) is 3. The second kappa shape index (κ2) is 6.70. The molecule has 3 rings (SSSR count). The number of amides is 1. The number of anilines is 1. The van der Waals surface area contributed by atoms with Crippen molar-refractivity contribution in [1.82, 2.24) is 9.55 Å². The van der Waals surface area contributed by atoms with Gasteiger partial charge in [-0.1, -0.05) is 0 Å². The van der Waals surface area contributed by atoms with Crippen molar-refractivity contribution in [2.24, 2.45) is 5.92 Å². The van der Waals surface area contributed by atoms with Crippen molar-refractivity contribution in [3.63, 3.8) is 0 Å². The quantitative estimate of drug-likeness (QED) is 0.881. The number of alkyl halides is 1. The third kappa shape index (κ3) is 3.57. The highest BCUT2D eigenvalue weighted by Gasteiger charge is 2.34. The van der Waals surface area contributed by atoms with E-state index in [-0.39, 0.29) is 23.4 Å². The molecule has 1 saturated carbocycles. The van der Waals surface area contributed by atoms with E-state index in [9.17, 15) is 18.8 Å². The molecule has 1 aliphatic carbocycles. The lowest BCUT2D eigenvalue weighted by Gasteiger charge is -2.34. The Morgan fingerprint density at radius 2 is 1.88 bits per heavy atom. The molecule has 0 atom stereocenters. The molecule has 1 heterocycles. The number of aromatic nitrogens is 2. The monoisotopic (exact) mass is 361 g/mol.